The van der Waals surface area contributed by atoms with Crippen molar-refractivity contribution >= 4 is 17.3 Å². The van der Waals surface area contributed by atoms with E-state index in [-0.39, 0.29) is 0 Å². The quantitative estimate of drug-likeness (QED) is 0.668. The van der Waals surface area contributed by atoms with Crippen LogP contribution in [0.15, 0.2) is 22.5 Å². The van der Waals surface area contributed by atoms with Gasteiger partial charge in [-0.2, -0.15) is 0 Å². The minimum absolute atomic E-state index is 0.457. The van der Waals surface area contributed by atoms with E-state index >= 15 is 0 Å². The van der Waals surface area contributed by atoms with Crippen molar-refractivity contribution < 1.29 is 0 Å². The molecule has 2 aliphatic heterocycles. The van der Waals surface area contributed by atoms with E-state index in [2.05, 4.69) is 39.6 Å². The Balaban J connectivity index is 1.71. The maximum Gasteiger partial charge on any atom is 0.193 e. The summed E-state index contributed by atoms with van der Waals surface area (Å²) < 4.78 is 0. The van der Waals surface area contributed by atoms with Crippen molar-refractivity contribution in [1.29, 1.82) is 0 Å². The van der Waals surface area contributed by atoms with Gasteiger partial charge < -0.3 is 10.2 Å². The van der Waals surface area contributed by atoms with Gasteiger partial charge in [0.25, 0.3) is 0 Å². The molecule has 0 aliphatic carbocycles. The molecule has 122 valence electrons. The molecule has 0 saturated carbocycles. The molecule has 0 aromatic carbocycles. The van der Waals surface area contributed by atoms with E-state index in [9.17, 15) is 0 Å². The molecule has 0 spiro atoms. The van der Waals surface area contributed by atoms with Crippen LogP contribution < -0.4 is 5.32 Å². The summed E-state index contributed by atoms with van der Waals surface area (Å²) in [6.07, 6.45) is 5.26. The lowest BCUT2D eigenvalue weighted by molar-refractivity contribution is 0.254. The molecule has 1 aromatic rings. The van der Waals surface area contributed by atoms with Gasteiger partial charge >= 0.3 is 0 Å². The maximum absolute atomic E-state index is 4.99. The number of hydrogen-bond donors (Lipinski definition) is 1. The predicted molar refractivity (Wildman–Crippen MR) is 94.7 cm³/mol. The molecular weight excluding hydrogens is 292 g/mol. The number of guanidine groups is 1. The number of aliphatic imine (C=N–C) groups is 1. The summed E-state index contributed by atoms with van der Waals surface area (Å²) >= 11 is 1.87. The Labute approximate surface area is 138 Å². The van der Waals surface area contributed by atoms with Crippen LogP contribution >= 0.6 is 11.3 Å². The third-order valence-corrected chi connectivity index (χ3v) is 5.58. The van der Waals surface area contributed by atoms with Crippen LogP contribution in [0.25, 0.3) is 0 Å². The van der Waals surface area contributed by atoms with Crippen molar-refractivity contribution in [2.45, 2.75) is 38.6 Å². The minimum Gasteiger partial charge on any atom is -0.357 e. The summed E-state index contributed by atoms with van der Waals surface area (Å²) in [7, 11) is 0. The molecular formula is C17H28N4S. The maximum atomic E-state index is 4.99. The van der Waals surface area contributed by atoms with Crippen LogP contribution in [0.2, 0.25) is 0 Å². The van der Waals surface area contributed by atoms with E-state index in [4.69, 9.17) is 4.99 Å². The van der Waals surface area contributed by atoms with Gasteiger partial charge in [0.2, 0.25) is 0 Å². The number of nitrogens with one attached hydrogen (secondary N) is 1. The Kier molecular flexibility index (Phi) is 5.73. The predicted octanol–water partition coefficient (Wildman–Crippen LogP) is 2.95. The molecule has 3 heterocycles. The number of nitrogens with zero attached hydrogens (tertiary/aromatic N) is 3. The lowest BCUT2D eigenvalue weighted by Crippen LogP contribution is -2.40. The Morgan fingerprint density at radius 1 is 1.23 bits per heavy atom. The van der Waals surface area contributed by atoms with Crippen LogP contribution in [0.1, 0.15) is 43.5 Å². The highest BCUT2D eigenvalue weighted by molar-refractivity contribution is 7.10. The normalized spacial score (nSPS) is 21.5. The van der Waals surface area contributed by atoms with E-state index < -0.39 is 0 Å². The lowest BCUT2D eigenvalue weighted by Gasteiger charge is -2.27. The van der Waals surface area contributed by atoms with Crippen molar-refractivity contribution in [3.8, 4) is 0 Å². The fraction of sp³-hybridized carbons (Fsp3) is 0.706. The zero-order valence-corrected chi connectivity index (χ0v) is 14.4. The van der Waals surface area contributed by atoms with Crippen molar-refractivity contribution in [3.05, 3.63) is 22.4 Å². The molecule has 22 heavy (non-hydrogen) atoms. The third kappa shape index (κ3) is 3.82. The average Bonchev–Trinajstić information content (AvgIpc) is 3.28. The summed E-state index contributed by atoms with van der Waals surface area (Å²) in [6, 6.07) is 4.89. The van der Waals surface area contributed by atoms with E-state index in [1.807, 2.05) is 11.3 Å². The molecule has 0 bridgehead atoms. The molecule has 1 aromatic heterocycles. The van der Waals surface area contributed by atoms with Gasteiger partial charge in [0.05, 0.1) is 12.6 Å². The standard InChI is InChI=1S/C17H28N4S/c1-2-18-17(21-11-5-6-12-21)19-14-15(16-8-7-13-22-16)20-9-3-4-10-20/h7-8,13,15H,2-6,9-12,14H2,1H3,(H,18,19). The molecule has 2 aliphatic rings. The van der Waals surface area contributed by atoms with Gasteiger partial charge in [-0.15, -0.1) is 11.3 Å². The SMILES string of the molecule is CCNC(=NCC(c1cccs1)N1CCCC1)N1CCCC1. The highest BCUT2D eigenvalue weighted by Crippen LogP contribution is 2.28. The van der Waals surface area contributed by atoms with Crippen molar-refractivity contribution in [1.82, 2.24) is 15.1 Å². The highest BCUT2D eigenvalue weighted by Gasteiger charge is 2.24. The first-order valence-electron chi connectivity index (χ1n) is 8.69. The van der Waals surface area contributed by atoms with Gasteiger partial charge in [-0.3, -0.25) is 9.89 Å². The molecule has 1 atom stereocenters. The molecule has 1 N–H and O–H groups in total. The Bertz CT molecular complexity index is 459. The first-order valence-corrected chi connectivity index (χ1v) is 9.57. The smallest absolute Gasteiger partial charge is 0.193 e. The first kappa shape index (κ1) is 15.8. The molecule has 4 nitrogen and oxygen atoms in total. The molecule has 0 radical (unpaired) electrons. The molecule has 5 heteroatoms. The zero-order valence-electron chi connectivity index (χ0n) is 13.6. The first-order chi connectivity index (χ1) is 10.9. The molecule has 2 fully saturated rings. The molecule has 2 saturated heterocycles. The summed E-state index contributed by atoms with van der Waals surface area (Å²) in [4.78, 5) is 11.5. The van der Waals surface area contributed by atoms with Crippen LogP contribution in [0.3, 0.4) is 0 Å². The van der Waals surface area contributed by atoms with Gasteiger partial charge in [-0.1, -0.05) is 6.07 Å². The van der Waals surface area contributed by atoms with Crippen LogP contribution in [-0.2, 0) is 0 Å². The second-order valence-corrected chi connectivity index (χ2v) is 7.14. The largest absolute Gasteiger partial charge is 0.357 e. The second-order valence-electron chi connectivity index (χ2n) is 6.16. The van der Waals surface area contributed by atoms with Gasteiger partial charge in [0, 0.05) is 24.5 Å². The highest BCUT2D eigenvalue weighted by atomic mass is 32.1. The fourth-order valence-corrected chi connectivity index (χ4v) is 4.30. The number of likely N-dealkylation sites (tertiary alicyclic amines) is 2. The van der Waals surface area contributed by atoms with E-state index in [0.29, 0.717) is 6.04 Å². The van der Waals surface area contributed by atoms with Crippen LogP contribution in [0, 0.1) is 0 Å². The van der Waals surface area contributed by atoms with Crippen molar-refractivity contribution in [3.63, 3.8) is 0 Å². The van der Waals surface area contributed by atoms with E-state index in [1.54, 1.807) is 0 Å². The summed E-state index contributed by atoms with van der Waals surface area (Å²) in [6.45, 7) is 8.72. The zero-order chi connectivity index (χ0) is 15.2. The van der Waals surface area contributed by atoms with Gasteiger partial charge in [-0.05, 0) is 57.1 Å². The number of rotatable bonds is 5. The second kappa shape index (κ2) is 7.97. The Morgan fingerprint density at radius 3 is 2.59 bits per heavy atom. The third-order valence-electron chi connectivity index (χ3n) is 4.61. The minimum atomic E-state index is 0.457. The van der Waals surface area contributed by atoms with Crippen LogP contribution in [0.4, 0.5) is 0 Å². The topological polar surface area (TPSA) is 30.9 Å². The summed E-state index contributed by atoms with van der Waals surface area (Å²) in [5.41, 5.74) is 0. The van der Waals surface area contributed by atoms with Crippen molar-refractivity contribution in [2.75, 3.05) is 39.3 Å². The molecule has 1 unspecified atom stereocenters. The average molecular weight is 321 g/mol. The van der Waals surface area contributed by atoms with Crippen LogP contribution in [0.5, 0.6) is 0 Å². The van der Waals surface area contributed by atoms with E-state index in [1.165, 1.54) is 43.6 Å². The Morgan fingerprint density at radius 2 is 1.95 bits per heavy atom. The number of hydrogen-bond acceptors (Lipinski definition) is 3. The van der Waals surface area contributed by atoms with Gasteiger partial charge in [-0.25, -0.2) is 0 Å². The number of thiophene rings is 1. The van der Waals surface area contributed by atoms with Gasteiger partial charge in [0.15, 0.2) is 5.96 Å². The molecule has 3 rings (SSSR count). The molecule has 0 amide bonds. The lowest BCUT2D eigenvalue weighted by atomic mass is 10.2. The van der Waals surface area contributed by atoms with Crippen molar-refractivity contribution in [2.24, 2.45) is 4.99 Å². The summed E-state index contributed by atoms with van der Waals surface area (Å²) in [5, 5.41) is 5.66. The summed E-state index contributed by atoms with van der Waals surface area (Å²) in [5.74, 6) is 1.11. The van der Waals surface area contributed by atoms with Gasteiger partial charge in [0.1, 0.15) is 0 Å². The van der Waals surface area contributed by atoms with E-state index in [0.717, 1.165) is 32.1 Å². The Hall–Kier alpha value is -1.07. The monoisotopic (exact) mass is 320 g/mol. The fourth-order valence-electron chi connectivity index (χ4n) is 3.45. The van der Waals surface area contributed by atoms with Crippen LogP contribution in [-0.4, -0.2) is 55.0 Å².